The number of anilines is 1. The Labute approximate surface area is 151 Å². The molecule has 2 saturated heterocycles. The van der Waals surface area contributed by atoms with Gasteiger partial charge in [-0.1, -0.05) is 12.1 Å². The molecular weight excluding hydrogens is 338 g/mol. The molecule has 26 heavy (non-hydrogen) atoms. The van der Waals surface area contributed by atoms with Crippen LogP contribution in [0.3, 0.4) is 0 Å². The van der Waals surface area contributed by atoms with E-state index in [1.165, 1.54) is 12.1 Å². The molecule has 7 heteroatoms. The molecule has 0 radical (unpaired) electrons. The van der Waals surface area contributed by atoms with E-state index in [-0.39, 0.29) is 17.1 Å². The summed E-state index contributed by atoms with van der Waals surface area (Å²) in [6.07, 6.45) is 2.95. The lowest BCUT2D eigenvalue weighted by Crippen LogP contribution is -2.30. The van der Waals surface area contributed by atoms with Crippen molar-refractivity contribution in [1.29, 1.82) is 0 Å². The van der Waals surface area contributed by atoms with E-state index >= 15 is 0 Å². The third kappa shape index (κ3) is 3.35. The van der Waals surface area contributed by atoms with Crippen molar-refractivity contribution in [1.82, 2.24) is 15.3 Å². The lowest BCUT2D eigenvalue weighted by atomic mass is 9.87. The lowest BCUT2D eigenvalue weighted by Gasteiger charge is -2.23. The van der Waals surface area contributed by atoms with Crippen LogP contribution in [0.4, 0.5) is 14.7 Å². The minimum Gasteiger partial charge on any atom is -0.468 e. The predicted octanol–water partition coefficient (Wildman–Crippen LogP) is 3.08. The summed E-state index contributed by atoms with van der Waals surface area (Å²) >= 11 is 0. The Kier molecular flexibility index (Phi) is 4.48. The zero-order valence-electron chi connectivity index (χ0n) is 14.7. The van der Waals surface area contributed by atoms with Crippen LogP contribution in [0.2, 0.25) is 0 Å². The highest BCUT2D eigenvalue weighted by molar-refractivity contribution is 5.36. The van der Waals surface area contributed by atoms with Gasteiger partial charge < -0.3 is 15.0 Å². The molecule has 1 aromatic heterocycles. The quantitative estimate of drug-likeness (QED) is 0.908. The number of nitrogens with zero attached hydrogens (tertiary/aromatic N) is 3. The fraction of sp³-hybridized carbons (Fsp3) is 0.474. The molecule has 2 fully saturated rings. The second kappa shape index (κ2) is 6.79. The molecule has 3 heterocycles. The van der Waals surface area contributed by atoms with Gasteiger partial charge in [-0.25, -0.2) is 9.37 Å². The highest BCUT2D eigenvalue weighted by Gasteiger charge is 2.41. The highest BCUT2D eigenvalue weighted by Crippen LogP contribution is 2.37. The number of halogens is 2. The van der Waals surface area contributed by atoms with Crippen molar-refractivity contribution < 1.29 is 13.5 Å². The number of benzene rings is 1. The molecule has 1 unspecified atom stereocenters. The molecular formula is C19H22F2N4O. The van der Waals surface area contributed by atoms with Crippen LogP contribution in [0.5, 0.6) is 5.88 Å². The van der Waals surface area contributed by atoms with Crippen molar-refractivity contribution in [3.05, 3.63) is 47.7 Å². The smallest absolute Gasteiger partial charge is 0.255 e. The van der Waals surface area contributed by atoms with Gasteiger partial charge in [0.25, 0.3) is 5.88 Å². The van der Waals surface area contributed by atoms with E-state index in [1.54, 1.807) is 19.1 Å². The van der Waals surface area contributed by atoms with Crippen molar-refractivity contribution in [2.45, 2.75) is 25.9 Å². The van der Waals surface area contributed by atoms with Crippen molar-refractivity contribution in [3.63, 3.8) is 0 Å². The van der Waals surface area contributed by atoms with Gasteiger partial charge in [0.1, 0.15) is 11.9 Å². The van der Waals surface area contributed by atoms with Gasteiger partial charge in [0.15, 0.2) is 0 Å². The van der Waals surface area contributed by atoms with Gasteiger partial charge in [-0.2, -0.15) is 9.37 Å². The first-order chi connectivity index (χ1) is 12.5. The first-order valence-corrected chi connectivity index (χ1v) is 8.95. The molecule has 0 amide bonds. The minimum absolute atomic E-state index is 0.0719. The summed E-state index contributed by atoms with van der Waals surface area (Å²) in [5.74, 6) is -0.492. The van der Waals surface area contributed by atoms with E-state index in [2.05, 4.69) is 20.2 Å². The molecule has 1 spiro atoms. The van der Waals surface area contributed by atoms with Crippen LogP contribution >= 0.6 is 0 Å². The van der Waals surface area contributed by atoms with Gasteiger partial charge in [-0.05, 0) is 44.0 Å². The van der Waals surface area contributed by atoms with Crippen molar-refractivity contribution >= 4 is 5.95 Å². The normalized spacial score (nSPS) is 23.6. The Balaban J connectivity index is 1.50. The second-order valence-corrected chi connectivity index (χ2v) is 7.23. The SMILES string of the molecule is C[C@@H](Oc1nc(N2CCC3(CCNC3)C2)ncc1F)c1ccc(F)cc1. The van der Waals surface area contributed by atoms with E-state index in [0.717, 1.165) is 50.8 Å². The summed E-state index contributed by atoms with van der Waals surface area (Å²) in [5.41, 5.74) is 1.03. The first-order valence-electron chi connectivity index (χ1n) is 8.95. The molecule has 138 valence electrons. The average Bonchev–Trinajstić information content (AvgIpc) is 3.27. The van der Waals surface area contributed by atoms with Gasteiger partial charge in [0.05, 0.1) is 6.20 Å². The van der Waals surface area contributed by atoms with Crippen LogP contribution in [-0.4, -0.2) is 36.1 Å². The molecule has 1 N–H and O–H groups in total. The molecule has 1 aromatic carbocycles. The zero-order valence-corrected chi connectivity index (χ0v) is 14.7. The van der Waals surface area contributed by atoms with E-state index in [9.17, 15) is 8.78 Å². The van der Waals surface area contributed by atoms with Gasteiger partial charge in [-0.15, -0.1) is 0 Å². The van der Waals surface area contributed by atoms with Crippen LogP contribution < -0.4 is 15.0 Å². The maximum atomic E-state index is 14.2. The van der Waals surface area contributed by atoms with E-state index in [0.29, 0.717) is 5.95 Å². The first kappa shape index (κ1) is 17.1. The van der Waals surface area contributed by atoms with Crippen LogP contribution in [0.1, 0.15) is 31.4 Å². The van der Waals surface area contributed by atoms with Gasteiger partial charge in [0, 0.05) is 25.0 Å². The van der Waals surface area contributed by atoms with E-state index in [1.807, 2.05) is 0 Å². The number of rotatable bonds is 4. The Morgan fingerprint density at radius 2 is 2.04 bits per heavy atom. The third-order valence-corrected chi connectivity index (χ3v) is 5.38. The predicted molar refractivity (Wildman–Crippen MR) is 94.2 cm³/mol. The molecule has 0 bridgehead atoms. The van der Waals surface area contributed by atoms with Crippen molar-refractivity contribution in [3.8, 4) is 5.88 Å². The summed E-state index contributed by atoms with van der Waals surface area (Å²) < 4.78 is 32.9. The lowest BCUT2D eigenvalue weighted by molar-refractivity contribution is 0.205. The molecule has 2 atom stereocenters. The number of hydrogen-bond acceptors (Lipinski definition) is 5. The fourth-order valence-electron chi connectivity index (χ4n) is 3.80. The Morgan fingerprint density at radius 3 is 2.77 bits per heavy atom. The zero-order chi connectivity index (χ0) is 18.1. The molecule has 4 rings (SSSR count). The maximum absolute atomic E-state index is 14.2. The minimum atomic E-state index is -0.598. The molecule has 0 saturated carbocycles. The van der Waals surface area contributed by atoms with Gasteiger partial charge >= 0.3 is 0 Å². The summed E-state index contributed by atoms with van der Waals surface area (Å²) in [5, 5.41) is 3.42. The Bertz CT molecular complexity index is 778. The topological polar surface area (TPSA) is 50.3 Å². The van der Waals surface area contributed by atoms with Crippen molar-refractivity contribution in [2.75, 3.05) is 31.1 Å². The Hall–Kier alpha value is -2.28. The number of nitrogens with one attached hydrogen (secondary N) is 1. The maximum Gasteiger partial charge on any atom is 0.255 e. The molecule has 2 aliphatic rings. The number of hydrogen-bond donors (Lipinski definition) is 1. The van der Waals surface area contributed by atoms with Gasteiger partial charge in [-0.3, -0.25) is 0 Å². The highest BCUT2D eigenvalue weighted by atomic mass is 19.1. The fourth-order valence-corrected chi connectivity index (χ4v) is 3.80. The van der Waals surface area contributed by atoms with Crippen molar-refractivity contribution in [2.24, 2.45) is 5.41 Å². The Morgan fingerprint density at radius 1 is 1.23 bits per heavy atom. The number of aromatic nitrogens is 2. The largest absolute Gasteiger partial charge is 0.468 e. The third-order valence-electron chi connectivity index (χ3n) is 5.38. The average molecular weight is 360 g/mol. The molecule has 2 aromatic rings. The second-order valence-electron chi connectivity index (χ2n) is 7.23. The van der Waals surface area contributed by atoms with E-state index < -0.39 is 11.9 Å². The van der Waals surface area contributed by atoms with Crippen LogP contribution in [-0.2, 0) is 0 Å². The standard InChI is InChI=1S/C19H22F2N4O/c1-13(14-2-4-15(20)5-3-14)26-17-16(21)10-23-18(24-17)25-9-7-19(12-25)6-8-22-11-19/h2-5,10,13,22H,6-9,11-12H2,1H3/t13-,19?/m1/s1. The summed E-state index contributed by atoms with van der Waals surface area (Å²) in [6.45, 7) is 5.57. The van der Waals surface area contributed by atoms with E-state index in [4.69, 9.17) is 4.74 Å². The number of ether oxygens (including phenoxy) is 1. The van der Waals surface area contributed by atoms with Crippen LogP contribution in [0.15, 0.2) is 30.5 Å². The van der Waals surface area contributed by atoms with Gasteiger partial charge in [0.2, 0.25) is 11.8 Å². The van der Waals surface area contributed by atoms with Crippen LogP contribution in [0.25, 0.3) is 0 Å². The molecule has 0 aliphatic carbocycles. The molecule has 5 nitrogen and oxygen atoms in total. The summed E-state index contributed by atoms with van der Waals surface area (Å²) in [7, 11) is 0. The summed E-state index contributed by atoms with van der Waals surface area (Å²) in [4.78, 5) is 10.6. The monoisotopic (exact) mass is 360 g/mol. The summed E-state index contributed by atoms with van der Waals surface area (Å²) in [6, 6.07) is 5.96. The molecule has 2 aliphatic heterocycles. The van der Waals surface area contributed by atoms with Crippen LogP contribution in [0, 0.1) is 17.0 Å².